The summed E-state index contributed by atoms with van der Waals surface area (Å²) in [6.07, 6.45) is 7.07. The third-order valence-corrected chi connectivity index (χ3v) is 13.7. The molecule has 2 aromatic carbocycles. The predicted octanol–water partition coefficient (Wildman–Crippen LogP) is 7.69. The number of halogens is 1. The van der Waals surface area contributed by atoms with E-state index in [1.165, 1.54) is 36.8 Å². The van der Waals surface area contributed by atoms with E-state index < -0.39 is 8.32 Å². The number of piperidine rings is 1. The normalized spacial score (nSPS) is 21.0. The predicted molar refractivity (Wildman–Crippen MR) is 143 cm³/mol. The second-order valence-corrected chi connectivity index (χ2v) is 17.3. The van der Waals surface area contributed by atoms with Gasteiger partial charge in [0.1, 0.15) is 5.82 Å². The third kappa shape index (κ3) is 5.34. The number of nitrogens with zero attached hydrogens (tertiary/aromatic N) is 1. The van der Waals surface area contributed by atoms with Gasteiger partial charge in [-0.3, -0.25) is 0 Å². The molecule has 186 valence electrons. The minimum absolute atomic E-state index is 0.0783. The summed E-state index contributed by atoms with van der Waals surface area (Å²) in [5.74, 6) is -0.103. The molecule has 2 fully saturated rings. The molecule has 0 amide bonds. The Labute approximate surface area is 208 Å². The Balaban J connectivity index is 1.51. The van der Waals surface area contributed by atoms with Gasteiger partial charge in [0.15, 0.2) is 8.32 Å². The summed E-state index contributed by atoms with van der Waals surface area (Å²) in [5.41, 5.74) is 2.81. The molecule has 0 bridgehead atoms. The zero-order valence-corrected chi connectivity index (χ0v) is 23.0. The Hall–Kier alpha value is -1.49. The second kappa shape index (κ2) is 9.87. The van der Waals surface area contributed by atoms with Crippen LogP contribution in [0.25, 0.3) is 0 Å². The number of likely N-dealkylation sites (tertiary alicyclic amines) is 1. The van der Waals surface area contributed by atoms with Gasteiger partial charge in [-0.05, 0) is 80.2 Å². The quantitative estimate of drug-likeness (QED) is 0.376. The fraction of sp³-hybridized carbons (Fsp3) is 0.600. The molecule has 0 aromatic heterocycles. The molecule has 1 aliphatic carbocycles. The molecular formula is C30H44FNOSi. The SMILES string of the molecule is CC(C)(C)[Si](C)(C)OCC1(c2ccccc2)CCN(CC2(c3cccc(F)c3)CCCC2)CC1. The summed E-state index contributed by atoms with van der Waals surface area (Å²) < 4.78 is 20.9. The molecule has 0 spiro atoms. The highest BCUT2D eigenvalue weighted by atomic mass is 28.4. The van der Waals surface area contributed by atoms with Gasteiger partial charge in [0.05, 0.1) is 0 Å². The van der Waals surface area contributed by atoms with Gasteiger partial charge in [-0.25, -0.2) is 4.39 Å². The standard InChI is InChI=1S/C30H44FNOSi/c1-28(2,3)34(4,5)33-24-30(25-12-7-6-8-13-25)18-20-32(21-19-30)23-29(16-9-10-17-29)26-14-11-15-27(31)22-26/h6-8,11-15,22H,9-10,16-21,23-24H2,1-5H3. The van der Waals surface area contributed by atoms with Crippen molar-refractivity contribution >= 4 is 8.32 Å². The molecule has 2 nitrogen and oxygen atoms in total. The number of hydrogen-bond acceptors (Lipinski definition) is 2. The van der Waals surface area contributed by atoms with Gasteiger partial charge >= 0.3 is 0 Å². The van der Waals surface area contributed by atoms with Crippen molar-refractivity contribution in [1.82, 2.24) is 4.90 Å². The van der Waals surface area contributed by atoms with Crippen molar-refractivity contribution in [3.63, 3.8) is 0 Å². The van der Waals surface area contributed by atoms with Crippen LogP contribution in [0.4, 0.5) is 4.39 Å². The number of hydrogen-bond donors (Lipinski definition) is 0. The Bertz CT molecular complexity index is 938. The first kappa shape index (κ1) is 25.6. The van der Waals surface area contributed by atoms with E-state index in [-0.39, 0.29) is 21.7 Å². The van der Waals surface area contributed by atoms with E-state index in [9.17, 15) is 4.39 Å². The van der Waals surface area contributed by atoms with Gasteiger partial charge in [0, 0.05) is 24.0 Å². The second-order valence-electron chi connectivity index (χ2n) is 12.5. The lowest BCUT2D eigenvalue weighted by atomic mass is 9.72. The highest BCUT2D eigenvalue weighted by Crippen LogP contribution is 2.45. The molecule has 34 heavy (non-hydrogen) atoms. The third-order valence-electron chi connectivity index (χ3n) is 9.24. The van der Waals surface area contributed by atoms with Crippen molar-refractivity contribution in [1.29, 1.82) is 0 Å². The minimum atomic E-state index is -1.83. The molecule has 4 rings (SSSR count). The molecule has 1 aliphatic heterocycles. The smallest absolute Gasteiger partial charge is 0.192 e. The first-order valence-corrected chi connectivity index (χ1v) is 16.1. The van der Waals surface area contributed by atoms with Gasteiger partial charge < -0.3 is 9.33 Å². The van der Waals surface area contributed by atoms with E-state index in [1.54, 1.807) is 12.1 Å². The number of benzene rings is 2. The Morgan fingerprint density at radius 2 is 1.47 bits per heavy atom. The summed E-state index contributed by atoms with van der Waals surface area (Å²) in [6, 6.07) is 18.5. The maximum absolute atomic E-state index is 14.1. The molecular weight excluding hydrogens is 437 g/mol. The summed E-state index contributed by atoms with van der Waals surface area (Å²) in [6.45, 7) is 15.7. The van der Waals surface area contributed by atoms with Crippen molar-refractivity contribution < 1.29 is 8.82 Å². The molecule has 1 heterocycles. The van der Waals surface area contributed by atoms with E-state index in [1.807, 2.05) is 6.07 Å². The molecule has 2 aromatic rings. The average Bonchev–Trinajstić information content (AvgIpc) is 3.28. The molecule has 0 radical (unpaired) electrons. The Morgan fingerprint density at radius 1 is 0.853 bits per heavy atom. The van der Waals surface area contributed by atoms with Crippen LogP contribution in [0.2, 0.25) is 18.1 Å². The van der Waals surface area contributed by atoms with Crippen LogP contribution in [0.5, 0.6) is 0 Å². The maximum Gasteiger partial charge on any atom is 0.192 e. The van der Waals surface area contributed by atoms with Crippen LogP contribution >= 0.6 is 0 Å². The van der Waals surface area contributed by atoms with Gasteiger partial charge in [0.2, 0.25) is 0 Å². The maximum atomic E-state index is 14.1. The molecule has 1 saturated heterocycles. The number of rotatable bonds is 7. The van der Waals surface area contributed by atoms with Crippen molar-refractivity contribution in [3.05, 3.63) is 71.5 Å². The topological polar surface area (TPSA) is 12.5 Å². The lowest BCUT2D eigenvalue weighted by molar-refractivity contribution is 0.0896. The van der Waals surface area contributed by atoms with Gasteiger partial charge in [-0.1, -0.05) is 76.1 Å². The van der Waals surface area contributed by atoms with E-state index >= 15 is 0 Å². The van der Waals surface area contributed by atoms with Gasteiger partial charge in [0.25, 0.3) is 0 Å². The summed E-state index contributed by atoms with van der Waals surface area (Å²) in [4.78, 5) is 2.66. The van der Waals surface area contributed by atoms with Crippen LogP contribution in [0.3, 0.4) is 0 Å². The molecule has 2 aliphatic rings. The van der Waals surface area contributed by atoms with Gasteiger partial charge in [-0.15, -0.1) is 0 Å². The Kier molecular flexibility index (Phi) is 7.43. The van der Waals surface area contributed by atoms with Crippen molar-refractivity contribution in [2.45, 2.75) is 88.3 Å². The average molecular weight is 482 g/mol. The van der Waals surface area contributed by atoms with E-state index in [0.29, 0.717) is 0 Å². The molecule has 0 atom stereocenters. The molecule has 0 N–H and O–H groups in total. The van der Waals surface area contributed by atoms with Crippen LogP contribution in [-0.4, -0.2) is 39.5 Å². The largest absolute Gasteiger partial charge is 0.416 e. The van der Waals surface area contributed by atoms with Crippen molar-refractivity contribution in [2.24, 2.45) is 0 Å². The van der Waals surface area contributed by atoms with Crippen LogP contribution in [0.1, 0.15) is 70.4 Å². The fourth-order valence-electron chi connectivity index (χ4n) is 5.82. The highest BCUT2D eigenvalue weighted by Gasteiger charge is 2.44. The van der Waals surface area contributed by atoms with E-state index in [2.05, 4.69) is 75.2 Å². The summed E-state index contributed by atoms with van der Waals surface area (Å²) in [7, 11) is -1.83. The first-order valence-electron chi connectivity index (χ1n) is 13.2. The van der Waals surface area contributed by atoms with Crippen LogP contribution in [0, 0.1) is 5.82 Å². The fourth-order valence-corrected chi connectivity index (χ4v) is 6.89. The zero-order valence-electron chi connectivity index (χ0n) is 22.0. The zero-order chi connectivity index (χ0) is 24.5. The van der Waals surface area contributed by atoms with Crippen molar-refractivity contribution in [2.75, 3.05) is 26.2 Å². The lowest BCUT2D eigenvalue weighted by Gasteiger charge is -2.47. The minimum Gasteiger partial charge on any atom is -0.416 e. The summed E-state index contributed by atoms with van der Waals surface area (Å²) >= 11 is 0. The Morgan fingerprint density at radius 3 is 2.06 bits per heavy atom. The van der Waals surface area contributed by atoms with E-state index in [4.69, 9.17) is 4.43 Å². The monoisotopic (exact) mass is 481 g/mol. The van der Waals surface area contributed by atoms with Crippen LogP contribution < -0.4 is 0 Å². The van der Waals surface area contributed by atoms with Crippen LogP contribution in [-0.2, 0) is 15.3 Å². The lowest BCUT2D eigenvalue weighted by Crippen LogP contribution is -2.51. The molecule has 1 saturated carbocycles. The van der Waals surface area contributed by atoms with E-state index in [0.717, 1.165) is 39.1 Å². The van der Waals surface area contributed by atoms with Gasteiger partial charge in [-0.2, -0.15) is 0 Å². The first-order chi connectivity index (χ1) is 16.1. The van der Waals surface area contributed by atoms with Crippen molar-refractivity contribution in [3.8, 4) is 0 Å². The van der Waals surface area contributed by atoms with Crippen LogP contribution in [0.15, 0.2) is 54.6 Å². The highest BCUT2D eigenvalue weighted by molar-refractivity contribution is 6.74. The molecule has 4 heteroatoms. The summed E-state index contributed by atoms with van der Waals surface area (Å²) in [5, 5.41) is 0.214. The molecule has 0 unspecified atom stereocenters.